The first-order valence-corrected chi connectivity index (χ1v) is 6.14. The lowest BCUT2D eigenvalue weighted by Crippen LogP contribution is -2.28. The maximum absolute atomic E-state index is 11.0. The number of aromatic nitrogens is 1. The molecule has 0 saturated heterocycles. The fourth-order valence-electron chi connectivity index (χ4n) is 1.62. The predicted molar refractivity (Wildman–Crippen MR) is 69.2 cm³/mol. The quantitative estimate of drug-likeness (QED) is 0.801. The molecule has 1 aromatic rings. The van der Waals surface area contributed by atoms with Gasteiger partial charge >= 0.3 is 5.97 Å². The van der Waals surface area contributed by atoms with E-state index in [1.165, 1.54) is 6.07 Å². The van der Waals surface area contributed by atoms with Gasteiger partial charge in [-0.3, -0.25) is 0 Å². The van der Waals surface area contributed by atoms with E-state index in [9.17, 15) is 4.79 Å². The van der Waals surface area contributed by atoms with Gasteiger partial charge in [0.25, 0.3) is 0 Å². The minimum absolute atomic E-state index is 0.111. The molecule has 1 aromatic heterocycles. The lowest BCUT2D eigenvalue weighted by Gasteiger charge is -2.18. The van der Waals surface area contributed by atoms with E-state index in [0.717, 1.165) is 25.3 Å². The zero-order chi connectivity index (χ0) is 13.5. The first-order valence-electron chi connectivity index (χ1n) is 6.14. The van der Waals surface area contributed by atoms with E-state index in [-0.39, 0.29) is 11.4 Å². The monoisotopic (exact) mass is 252 g/mol. The Bertz CT molecular complexity index is 403. The second kappa shape index (κ2) is 6.96. The van der Waals surface area contributed by atoms with Crippen LogP contribution in [-0.2, 0) is 0 Å². The molecule has 0 aromatic carbocycles. The number of rotatable bonds is 7. The second-order valence-corrected chi connectivity index (χ2v) is 3.99. The van der Waals surface area contributed by atoms with Crippen LogP contribution in [0.4, 0.5) is 0 Å². The number of nitrogens with zero attached hydrogens (tertiary/aromatic N) is 2. The van der Waals surface area contributed by atoms with Crippen molar-refractivity contribution in [3.05, 3.63) is 23.4 Å². The van der Waals surface area contributed by atoms with Gasteiger partial charge in [0.05, 0.1) is 0 Å². The summed E-state index contributed by atoms with van der Waals surface area (Å²) in [5.41, 5.74) is 0.859. The van der Waals surface area contributed by atoms with Crippen molar-refractivity contribution in [3.8, 4) is 5.88 Å². The van der Waals surface area contributed by atoms with Crippen LogP contribution in [-0.4, -0.2) is 47.2 Å². The van der Waals surface area contributed by atoms with Crippen molar-refractivity contribution in [1.82, 2.24) is 9.88 Å². The van der Waals surface area contributed by atoms with Crippen LogP contribution in [0.3, 0.4) is 0 Å². The Morgan fingerprint density at radius 2 is 2.06 bits per heavy atom. The Hall–Kier alpha value is -1.62. The van der Waals surface area contributed by atoms with Gasteiger partial charge < -0.3 is 14.7 Å². The van der Waals surface area contributed by atoms with E-state index in [1.807, 2.05) is 6.92 Å². The van der Waals surface area contributed by atoms with Gasteiger partial charge in [-0.05, 0) is 32.1 Å². The molecule has 1 heterocycles. The van der Waals surface area contributed by atoms with Gasteiger partial charge in [-0.15, -0.1) is 0 Å². The summed E-state index contributed by atoms with van der Waals surface area (Å²) < 4.78 is 5.48. The van der Waals surface area contributed by atoms with Gasteiger partial charge in [-0.25, -0.2) is 9.78 Å². The largest absolute Gasteiger partial charge is 0.477 e. The first kappa shape index (κ1) is 14.4. The lowest BCUT2D eigenvalue weighted by molar-refractivity contribution is 0.0690. The molecule has 100 valence electrons. The van der Waals surface area contributed by atoms with Crippen molar-refractivity contribution in [1.29, 1.82) is 0 Å². The van der Waals surface area contributed by atoms with E-state index < -0.39 is 5.97 Å². The van der Waals surface area contributed by atoms with Gasteiger partial charge in [0.15, 0.2) is 0 Å². The molecule has 0 fully saturated rings. The maximum Gasteiger partial charge on any atom is 0.341 e. The molecule has 0 bridgehead atoms. The Kier molecular flexibility index (Phi) is 5.58. The Morgan fingerprint density at radius 1 is 1.39 bits per heavy atom. The first-order chi connectivity index (χ1) is 8.58. The summed E-state index contributed by atoms with van der Waals surface area (Å²) in [6.07, 6.45) is 0. The van der Waals surface area contributed by atoms with E-state index in [4.69, 9.17) is 9.84 Å². The highest BCUT2D eigenvalue weighted by atomic mass is 16.5. The molecule has 0 aliphatic heterocycles. The van der Waals surface area contributed by atoms with E-state index in [1.54, 1.807) is 6.07 Å². The van der Waals surface area contributed by atoms with Crippen LogP contribution in [0.2, 0.25) is 0 Å². The number of hydrogen-bond donors (Lipinski definition) is 1. The molecule has 0 unspecified atom stereocenters. The molecule has 0 radical (unpaired) electrons. The Balaban J connectivity index is 2.66. The third kappa shape index (κ3) is 4.00. The third-order valence-corrected chi connectivity index (χ3v) is 2.77. The highest BCUT2D eigenvalue weighted by Crippen LogP contribution is 2.16. The van der Waals surface area contributed by atoms with Crippen LogP contribution in [0, 0.1) is 6.92 Å². The summed E-state index contributed by atoms with van der Waals surface area (Å²) in [6, 6.07) is 3.19. The topological polar surface area (TPSA) is 62.7 Å². The maximum atomic E-state index is 11.0. The molecular formula is C13H20N2O3. The molecule has 0 spiro atoms. The number of carboxylic acid groups (broad SMARTS) is 1. The van der Waals surface area contributed by atoms with Crippen LogP contribution in [0.5, 0.6) is 5.88 Å². The normalized spacial score (nSPS) is 10.7. The summed E-state index contributed by atoms with van der Waals surface area (Å²) in [4.78, 5) is 17.3. The second-order valence-electron chi connectivity index (χ2n) is 3.99. The Morgan fingerprint density at radius 3 is 2.61 bits per heavy atom. The van der Waals surface area contributed by atoms with Gasteiger partial charge in [0.2, 0.25) is 5.88 Å². The standard InChI is InChI=1S/C13H20N2O3/c1-4-15(5-2)8-9-18-12-11(13(16)17)7-6-10(3)14-12/h6-7H,4-5,8-9H2,1-3H3,(H,16,17). The van der Waals surface area contributed by atoms with Gasteiger partial charge in [0, 0.05) is 12.2 Å². The van der Waals surface area contributed by atoms with Crippen molar-refractivity contribution in [2.75, 3.05) is 26.2 Å². The number of hydrogen-bond acceptors (Lipinski definition) is 4. The van der Waals surface area contributed by atoms with Crippen molar-refractivity contribution in [2.24, 2.45) is 0 Å². The molecule has 18 heavy (non-hydrogen) atoms. The average molecular weight is 252 g/mol. The van der Waals surface area contributed by atoms with E-state index >= 15 is 0 Å². The molecule has 5 nitrogen and oxygen atoms in total. The number of aryl methyl sites for hydroxylation is 1. The fraction of sp³-hybridized carbons (Fsp3) is 0.538. The predicted octanol–water partition coefficient (Wildman–Crippen LogP) is 1.81. The van der Waals surface area contributed by atoms with Crippen molar-refractivity contribution in [2.45, 2.75) is 20.8 Å². The highest BCUT2D eigenvalue weighted by Gasteiger charge is 2.13. The molecular weight excluding hydrogens is 232 g/mol. The zero-order valence-electron chi connectivity index (χ0n) is 11.1. The molecule has 1 N–H and O–H groups in total. The number of ether oxygens (including phenoxy) is 1. The number of carbonyl (C=O) groups is 1. The molecule has 0 amide bonds. The number of likely N-dealkylation sites (N-methyl/N-ethyl adjacent to an activating group) is 1. The molecule has 0 aliphatic carbocycles. The van der Waals surface area contributed by atoms with Crippen LogP contribution in [0.15, 0.2) is 12.1 Å². The summed E-state index contributed by atoms with van der Waals surface area (Å²) in [6.45, 7) is 9.08. The van der Waals surface area contributed by atoms with Crippen LogP contribution in [0.25, 0.3) is 0 Å². The molecule has 0 saturated carbocycles. The van der Waals surface area contributed by atoms with E-state index in [2.05, 4.69) is 23.7 Å². The number of carboxylic acids is 1. The lowest BCUT2D eigenvalue weighted by atomic mass is 10.2. The SMILES string of the molecule is CCN(CC)CCOc1nc(C)ccc1C(=O)O. The number of aromatic carboxylic acids is 1. The highest BCUT2D eigenvalue weighted by molar-refractivity contribution is 5.90. The minimum atomic E-state index is -1.01. The molecule has 5 heteroatoms. The van der Waals surface area contributed by atoms with Gasteiger partial charge in [-0.2, -0.15) is 0 Å². The smallest absolute Gasteiger partial charge is 0.341 e. The fourth-order valence-corrected chi connectivity index (χ4v) is 1.62. The number of pyridine rings is 1. The van der Waals surface area contributed by atoms with Crippen molar-refractivity contribution in [3.63, 3.8) is 0 Å². The average Bonchev–Trinajstić information content (AvgIpc) is 2.34. The van der Waals surface area contributed by atoms with Crippen LogP contribution >= 0.6 is 0 Å². The summed E-state index contributed by atoms with van der Waals surface area (Å²) in [7, 11) is 0. The van der Waals surface area contributed by atoms with Crippen molar-refractivity contribution < 1.29 is 14.6 Å². The molecule has 1 rings (SSSR count). The summed E-state index contributed by atoms with van der Waals surface area (Å²) in [5, 5.41) is 9.03. The molecule has 0 aliphatic rings. The molecule has 0 atom stereocenters. The van der Waals surface area contributed by atoms with Gasteiger partial charge in [-0.1, -0.05) is 13.8 Å². The van der Waals surface area contributed by atoms with Crippen LogP contribution in [0.1, 0.15) is 29.9 Å². The van der Waals surface area contributed by atoms with Gasteiger partial charge in [0.1, 0.15) is 12.2 Å². The van der Waals surface area contributed by atoms with Crippen LogP contribution < -0.4 is 4.74 Å². The summed E-state index contributed by atoms with van der Waals surface area (Å²) >= 11 is 0. The van der Waals surface area contributed by atoms with E-state index in [0.29, 0.717) is 6.61 Å². The minimum Gasteiger partial charge on any atom is -0.477 e. The summed E-state index contributed by atoms with van der Waals surface area (Å²) in [5.74, 6) is -0.810. The third-order valence-electron chi connectivity index (χ3n) is 2.77. The Labute approximate surface area is 107 Å². The zero-order valence-corrected chi connectivity index (χ0v) is 11.1. The van der Waals surface area contributed by atoms with Crippen molar-refractivity contribution >= 4 is 5.97 Å².